The summed E-state index contributed by atoms with van der Waals surface area (Å²) >= 11 is 6.15. The predicted octanol–water partition coefficient (Wildman–Crippen LogP) is 5.19. The quantitative estimate of drug-likeness (QED) is 0.504. The van der Waals surface area contributed by atoms with E-state index in [0.29, 0.717) is 45.8 Å². The first-order chi connectivity index (χ1) is 13.6. The summed E-state index contributed by atoms with van der Waals surface area (Å²) in [6.07, 6.45) is 1.67. The number of hydrogen-bond donors (Lipinski definition) is 1. The van der Waals surface area contributed by atoms with Gasteiger partial charge in [-0.15, -0.1) is 0 Å². The Morgan fingerprint density at radius 2 is 2.00 bits per heavy atom. The maximum Gasteiger partial charge on any atom is 0.255 e. The molecule has 1 N–H and O–H groups in total. The van der Waals surface area contributed by atoms with Crippen LogP contribution in [0.25, 0.3) is 22.7 Å². The van der Waals surface area contributed by atoms with Crippen molar-refractivity contribution in [1.29, 1.82) is 0 Å². The Morgan fingerprint density at radius 1 is 1.18 bits per heavy atom. The Bertz CT molecular complexity index is 1110. The van der Waals surface area contributed by atoms with Gasteiger partial charge in [-0.05, 0) is 61.5 Å². The lowest BCUT2D eigenvalue weighted by Gasteiger charge is -2.09. The van der Waals surface area contributed by atoms with Crippen molar-refractivity contribution >= 4 is 34.4 Å². The molecular weight excluding hydrogens is 378 g/mol. The number of carbonyl (C=O) groups excluding carboxylic acids is 1. The van der Waals surface area contributed by atoms with Gasteiger partial charge >= 0.3 is 0 Å². The Morgan fingerprint density at radius 3 is 2.71 bits per heavy atom. The average Bonchev–Trinajstić information content (AvgIpc) is 3.14. The largest absolute Gasteiger partial charge is 0.492 e. The molecular formula is C21H16ClN3O3. The van der Waals surface area contributed by atoms with Gasteiger partial charge in [-0.3, -0.25) is 4.79 Å². The zero-order chi connectivity index (χ0) is 19.5. The fourth-order valence-corrected chi connectivity index (χ4v) is 2.94. The molecule has 6 nitrogen and oxygen atoms in total. The third kappa shape index (κ3) is 3.68. The molecule has 0 bridgehead atoms. The highest BCUT2D eigenvalue weighted by molar-refractivity contribution is 6.32. The number of benzene rings is 2. The van der Waals surface area contributed by atoms with Crippen molar-refractivity contribution in [2.24, 2.45) is 0 Å². The number of ether oxygens (including phenoxy) is 1. The summed E-state index contributed by atoms with van der Waals surface area (Å²) in [5.74, 6) is 0.770. The number of anilines is 1. The number of oxazole rings is 1. The Labute approximate surface area is 166 Å². The normalized spacial score (nSPS) is 10.8. The molecule has 4 aromatic rings. The van der Waals surface area contributed by atoms with E-state index < -0.39 is 0 Å². The van der Waals surface area contributed by atoms with Crippen molar-refractivity contribution < 1.29 is 13.9 Å². The molecule has 2 aromatic heterocycles. The standard InChI is InChI=1S/C21H16ClN3O3/c1-2-27-17-10-7-14(12-16(17)22)20(26)24-15-8-5-13(6-9-15)21-25-19-18(28-21)4-3-11-23-19/h3-12H,2H2,1H3,(H,24,26). The van der Waals surface area contributed by atoms with Gasteiger partial charge in [0.1, 0.15) is 5.75 Å². The number of hydrogen-bond acceptors (Lipinski definition) is 5. The first-order valence-electron chi connectivity index (χ1n) is 8.70. The van der Waals surface area contributed by atoms with Crippen LogP contribution in [0.5, 0.6) is 5.75 Å². The van der Waals surface area contributed by atoms with Gasteiger partial charge in [-0.2, -0.15) is 4.98 Å². The highest BCUT2D eigenvalue weighted by atomic mass is 35.5. The molecule has 0 unspecified atom stereocenters. The number of aromatic nitrogens is 2. The van der Waals surface area contributed by atoms with E-state index in [1.54, 1.807) is 42.6 Å². The van der Waals surface area contributed by atoms with E-state index in [4.69, 9.17) is 20.8 Å². The van der Waals surface area contributed by atoms with Crippen LogP contribution in [0.3, 0.4) is 0 Å². The highest BCUT2D eigenvalue weighted by Crippen LogP contribution is 2.27. The average molecular weight is 394 g/mol. The minimum absolute atomic E-state index is 0.260. The van der Waals surface area contributed by atoms with Gasteiger partial charge in [0.25, 0.3) is 5.91 Å². The number of nitrogens with one attached hydrogen (secondary N) is 1. The van der Waals surface area contributed by atoms with Gasteiger partial charge < -0.3 is 14.5 Å². The van der Waals surface area contributed by atoms with Crippen LogP contribution in [0.1, 0.15) is 17.3 Å². The first kappa shape index (κ1) is 18.0. The molecule has 2 heterocycles. The van der Waals surface area contributed by atoms with Crippen LogP contribution in [0.2, 0.25) is 5.02 Å². The molecule has 0 fully saturated rings. The second-order valence-electron chi connectivity index (χ2n) is 5.95. The molecule has 0 saturated heterocycles. The first-order valence-corrected chi connectivity index (χ1v) is 9.07. The minimum Gasteiger partial charge on any atom is -0.492 e. The van der Waals surface area contributed by atoms with E-state index in [0.717, 1.165) is 5.56 Å². The van der Waals surface area contributed by atoms with Crippen LogP contribution in [-0.4, -0.2) is 22.5 Å². The van der Waals surface area contributed by atoms with Crippen LogP contribution in [0.15, 0.2) is 65.2 Å². The summed E-state index contributed by atoms with van der Waals surface area (Å²) in [7, 11) is 0. The minimum atomic E-state index is -0.260. The number of nitrogens with zero attached hydrogens (tertiary/aromatic N) is 2. The Balaban J connectivity index is 1.49. The summed E-state index contributed by atoms with van der Waals surface area (Å²) in [6.45, 7) is 2.38. The highest BCUT2D eigenvalue weighted by Gasteiger charge is 2.11. The number of fused-ring (bicyclic) bond motifs is 1. The van der Waals surface area contributed by atoms with Gasteiger partial charge in [0.15, 0.2) is 11.2 Å². The maximum absolute atomic E-state index is 12.5. The third-order valence-electron chi connectivity index (χ3n) is 4.05. The summed E-state index contributed by atoms with van der Waals surface area (Å²) in [4.78, 5) is 21.0. The Hall–Kier alpha value is -3.38. The van der Waals surface area contributed by atoms with E-state index in [1.807, 2.05) is 25.1 Å². The molecule has 0 radical (unpaired) electrons. The zero-order valence-corrected chi connectivity index (χ0v) is 15.7. The maximum atomic E-state index is 12.5. The van der Waals surface area contributed by atoms with Crippen molar-refractivity contribution in [1.82, 2.24) is 9.97 Å². The molecule has 140 valence electrons. The monoisotopic (exact) mass is 393 g/mol. The zero-order valence-electron chi connectivity index (χ0n) is 15.0. The lowest BCUT2D eigenvalue weighted by atomic mass is 10.1. The molecule has 0 aliphatic rings. The molecule has 0 aliphatic heterocycles. The lowest BCUT2D eigenvalue weighted by molar-refractivity contribution is 0.102. The van der Waals surface area contributed by atoms with Crippen molar-refractivity contribution in [2.75, 3.05) is 11.9 Å². The number of pyridine rings is 1. The molecule has 0 aliphatic carbocycles. The smallest absolute Gasteiger partial charge is 0.255 e. The van der Waals surface area contributed by atoms with E-state index >= 15 is 0 Å². The summed E-state index contributed by atoms with van der Waals surface area (Å²) in [6, 6.07) is 15.8. The van der Waals surface area contributed by atoms with Crippen LogP contribution in [-0.2, 0) is 0 Å². The van der Waals surface area contributed by atoms with Gasteiger partial charge in [0.05, 0.1) is 11.6 Å². The second-order valence-corrected chi connectivity index (χ2v) is 6.36. The second kappa shape index (κ2) is 7.70. The number of carbonyl (C=O) groups is 1. The molecule has 0 saturated carbocycles. The van der Waals surface area contributed by atoms with Crippen LogP contribution in [0.4, 0.5) is 5.69 Å². The van der Waals surface area contributed by atoms with E-state index in [2.05, 4.69) is 15.3 Å². The summed E-state index contributed by atoms with van der Waals surface area (Å²) in [5, 5.41) is 3.24. The predicted molar refractivity (Wildman–Crippen MR) is 108 cm³/mol. The van der Waals surface area contributed by atoms with E-state index in [9.17, 15) is 4.79 Å². The number of amides is 1. The van der Waals surface area contributed by atoms with Crippen molar-refractivity contribution in [3.05, 3.63) is 71.4 Å². The van der Waals surface area contributed by atoms with Gasteiger partial charge in [-0.1, -0.05) is 11.6 Å². The molecule has 0 spiro atoms. The SMILES string of the molecule is CCOc1ccc(C(=O)Nc2ccc(-c3nc4ncccc4o3)cc2)cc1Cl. The van der Waals surface area contributed by atoms with Crippen LogP contribution in [0, 0.1) is 0 Å². The van der Waals surface area contributed by atoms with Crippen LogP contribution < -0.4 is 10.1 Å². The number of rotatable bonds is 5. The van der Waals surface area contributed by atoms with Crippen LogP contribution >= 0.6 is 11.6 Å². The number of halogens is 1. The van der Waals surface area contributed by atoms with E-state index in [1.165, 1.54) is 0 Å². The van der Waals surface area contributed by atoms with Gasteiger partial charge in [-0.25, -0.2) is 4.98 Å². The topological polar surface area (TPSA) is 77.2 Å². The molecule has 28 heavy (non-hydrogen) atoms. The van der Waals surface area contributed by atoms with Gasteiger partial charge in [0.2, 0.25) is 5.89 Å². The lowest BCUT2D eigenvalue weighted by Crippen LogP contribution is -2.11. The molecule has 4 rings (SSSR count). The molecule has 7 heteroatoms. The third-order valence-corrected chi connectivity index (χ3v) is 4.34. The Kier molecular flexibility index (Phi) is 4.95. The summed E-state index contributed by atoms with van der Waals surface area (Å²) in [5.41, 5.74) is 3.07. The summed E-state index contributed by atoms with van der Waals surface area (Å²) < 4.78 is 11.1. The molecule has 0 atom stereocenters. The van der Waals surface area contributed by atoms with Gasteiger partial charge in [0, 0.05) is 23.0 Å². The van der Waals surface area contributed by atoms with Crippen molar-refractivity contribution in [3.63, 3.8) is 0 Å². The molecule has 2 aromatic carbocycles. The fraction of sp³-hybridized carbons (Fsp3) is 0.0952. The molecule has 1 amide bonds. The van der Waals surface area contributed by atoms with Crippen molar-refractivity contribution in [2.45, 2.75) is 6.92 Å². The van der Waals surface area contributed by atoms with Crippen molar-refractivity contribution in [3.8, 4) is 17.2 Å². The van der Waals surface area contributed by atoms with E-state index in [-0.39, 0.29) is 5.91 Å². The fourth-order valence-electron chi connectivity index (χ4n) is 2.71.